The molecule has 3 atom stereocenters. The summed E-state index contributed by atoms with van der Waals surface area (Å²) in [6.07, 6.45) is 6.77. The van der Waals surface area contributed by atoms with Crippen molar-refractivity contribution in [2.24, 2.45) is 17.6 Å². The fourth-order valence-corrected chi connectivity index (χ4v) is 3.40. The standard InChI is InChI=1S/C12H17ClN4/c13-11-4-15-7-16-12(11)17-5-8-1-2-10(14)3-9(8)6-17/h4,7-10H,1-3,5-6,14H2/t8-,9+,10?/m1/s1. The predicted octanol–water partition coefficient (Wildman–Crippen LogP) is 1.69. The monoisotopic (exact) mass is 252 g/mol. The number of aromatic nitrogens is 2. The highest BCUT2D eigenvalue weighted by Crippen LogP contribution is 2.38. The highest BCUT2D eigenvalue weighted by atomic mass is 35.5. The number of hydrogen-bond donors (Lipinski definition) is 1. The first kappa shape index (κ1) is 11.2. The number of nitrogens with two attached hydrogens (primary N) is 1. The lowest BCUT2D eigenvalue weighted by molar-refractivity contribution is 0.271. The van der Waals surface area contributed by atoms with Crippen molar-refractivity contribution in [1.29, 1.82) is 0 Å². The van der Waals surface area contributed by atoms with Crippen molar-refractivity contribution in [2.75, 3.05) is 18.0 Å². The van der Waals surface area contributed by atoms with Crippen LogP contribution in [0.15, 0.2) is 12.5 Å². The van der Waals surface area contributed by atoms with Crippen LogP contribution >= 0.6 is 11.6 Å². The topological polar surface area (TPSA) is 55.0 Å². The van der Waals surface area contributed by atoms with E-state index in [0.29, 0.717) is 17.0 Å². The van der Waals surface area contributed by atoms with Crippen molar-refractivity contribution in [1.82, 2.24) is 9.97 Å². The van der Waals surface area contributed by atoms with Gasteiger partial charge < -0.3 is 10.6 Å². The van der Waals surface area contributed by atoms with Gasteiger partial charge >= 0.3 is 0 Å². The summed E-state index contributed by atoms with van der Waals surface area (Å²) in [5.74, 6) is 2.36. The van der Waals surface area contributed by atoms with E-state index in [1.54, 1.807) is 12.5 Å². The molecule has 3 rings (SSSR count). The van der Waals surface area contributed by atoms with Crippen LogP contribution in [0.25, 0.3) is 0 Å². The summed E-state index contributed by atoms with van der Waals surface area (Å²) in [7, 11) is 0. The average molecular weight is 253 g/mol. The molecule has 1 saturated heterocycles. The molecule has 1 aliphatic heterocycles. The van der Waals surface area contributed by atoms with E-state index < -0.39 is 0 Å². The smallest absolute Gasteiger partial charge is 0.150 e. The third-order valence-electron chi connectivity index (χ3n) is 4.04. The molecule has 2 N–H and O–H groups in total. The minimum absolute atomic E-state index is 0.386. The summed E-state index contributed by atoms with van der Waals surface area (Å²) in [6.45, 7) is 2.10. The van der Waals surface area contributed by atoms with Gasteiger partial charge in [0.15, 0.2) is 5.82 Å². The lowest BCUT2D eigenvalue weighted by Crippen LogP contribution is -2.32. The second-order valence-electron chi connectivity index (χ2n) is 5.19. The largest absolute Gasteiger partial charge is 0.355 e. The lowest BCUT2D eigenvalue weighted by Gasteiger charge is -2.27. The molecule has 1 aliphatic carbocycles. The molecule has 0 amide bonds. The molecular formula is C12H17ClN4. The summed E-state index contributed by atoms with van der Waals surface area (Å²) in [5.41, 5.74) is 6.03. The van der Waals surface area contributed by atoms with Gasteiger partial charge in [-0.05, 0) is 31.1 Å². The van der Waals surface area contributed by atoms with E-state index in [0.717, 1.165) is 37.7 Å². The Labute approximate surface area is 106 Å². The van der Waals surface area contributed by atoms with E-state index >= 15 is 0 Å². The van der Waals surface area contributed by atoms with Crippen LogP contribution in [0, 0.1) is 11.8 Å². The normalized spacial score (nSPS) is 32.6. The fourth-order valence-electron chi connectivity index (χ4n) is 3.18. The van der Waals surface area contributed by atoms with Crippen molar-refractivity contribution in [2.45, 2.75) is 25.3 Å². The Bertz CT molecular complexity index is 411. The molecule has 1 aromatic rings. The van der Waals surface area contributed by atoms with Crippen LogP contribution in [-0.4, -0.2) is 29.1 Å². The van der Waals surface area contributed by atoms with Gasteiger partial charge in [0.2, 0.25) is 0 Å². The third-order valence-corrected chi connectivity index (χ3v) is 4.30. The predicted molar refractivity (Wildman–Crippen MR) is 68.1 cm³/mol. The van der Waals surface area contributed by atoms with Gasteiger partial charge in [-0.25, -0.2) is 9.97 Å². The van der Waals surface area contributed by atoms with Crippen LogP contribution in [0.4, 0.5) is 5.82 Å². The quantitative estimate of drug-likeness (QED) is 0.827. The Morgan fingerprint density at radius 3 is 2.94 bits per heavy atom. The van der Waals surface area contributed by atoms with Crippen LogP contribution < -0.4 is 10.6 Å². The van der Waals surface area contributed by atoms with E-state index in [2.05, 4.69) is 14.9 Å². The minimum atomic E-state index is 0.386. The molecular weight excluding hydrogens is 236 g/mol. The number of fused-ring (bicyclic) bond motifs is 1. The number of rotatable bonds is 1. The van der Waals surface area contributed by atoms with Crippen molar-refractivity contribution >= 4 is 17.4 Å². The molecule has 4 nitrogen and oxygen atoms in total. The summed E-state index contributed by atoms with van der Waals surface area (Å²) >= 11 is 6.14. The van der Waals surface area contributed by atoms with Crippen molar-refractivity contribution in [3.05, 3.63) is 17.5 Å². The average Bonchev–Trinajstić information content (AvgIpc) is 2.72. The number of nitrogens with zero attached hydrogens (tertiary/aromatic N) is 3. The molecule has 0 bridgehead atoms. The zero-order valence-electron chi connectivity index (χ0n) is 9.72. The van der Waals surface area contributed by atoms with Gasteiger partial charge in [-0.3, -0.25) is 0 Å². The fraction of sp³-hybridized carbons (Fsp3) is 0.667. The maximum Gasteiger partial charge on any atom is 0.150 e. The van der Waals surface area contributed by atoms with Crippen LogP contribution in [0.2, 0.25) is 5.02 Å². The first-order valence-electron chi connectivity index (χ1n) is 6.20. The molecule has 0 spiro atoms. The van der Waals surface area contributed by atoms with Gasteiger partial charge in [0, 0.05) is 19.1 Å². The summed E-state index contributed by atoms with van der Waals surface area (Å²) in [6, 6.07) is 0.386. The molecule has 92 valence electrons. The maximum atomic E-state index is 6.14. The second kappa shape index (κ2) is 4.42. The van der Waals surface area contributed by atoms with Crippen LogP contribution in [0.1, 0.15) is 19.3 Å². The van der Waals surface area contributed by atoms with Gasteiger partial charge in [0.05, 0.1) is 6.20 Å². The summed E-state index contributed by atoms with van der Waals surface area (Å²) < 4.78 is 0. The Hall–Kier alpha value is -0.870. The molecule has 2 fully saturated rings. The highest BCUT2D eigenvalue weighted by molar-refractivity contribution is 6.32. The van der Waals surface area contributed by atoms with Gasteiger partial charge in [0.1, 0.15) is 11.3 Å². The third kappa shape index (κ3) is 2.11. The zero-order valence-corrected chi connectivity index (χ0v) is 10.5. The van der Waals surface area contributed by atoms with Crippen LogP contribution in [0.3, 0.4) is 0 Å². The lowest BCUT2D eigenvalue weighted by atomic mass is 9.79. The molecule has 2 aliphatic rings. The molecule has 5 heteroatoms. The molecule has 1 saturated carbocycles. The second-order valence-corrected chi connectivity index (χ2v) is 5.60. The van der Waals surface area contributed by atoms with E-state index in [4.69, 9.17) is 17.3 Å². The first-order chi connectivity index (χ1) is 8.24. The van der Waals surface area contributed by atoms with E-state index in [9.17, 15) is 0 Å². The van der Waals surface area contributed by atoms with E-state index in [1.807, 2.05) is 0 Å². The van der Waals surface area contributed by atoms with Gasteiger partial charge in [-0.2, -0.15) is 0 Å². The van der Waals surface area contributed by atoms with Crippen LogP contribution in [0.5, 0.6) is 0 Å². The molecule has 1 unspecified atom stereocenters. The highest BCUT2D eigenvalue weighted by Gasteiger charge is 2.37. The van der Waals surface area contributed by atoms with Crippen molar-refractivity contribution in [3.8, 4) is 0 Å². The Morgan fingerprint density at radius 2 is 2.12 bits per heavy atom. The zero-order chi connectivity index (χ0) is 11.8. The Balaban J connectivity index is 1.78. The molecule has 0 aromatic carbocycles. The number of anilines is 1. The van der Waals surface area contributed by atoms with Gasteiger partial charge in [-0.1, -0.05) is 11.6 Å². The number of halogens is 1. The SMILES string of the molecule is NC1CC[C@@H]2CN(c3ncncc3Cl)C[C@@H]2C1. The molecule has 2 heterocycles. The maximum absolute atomic E-state index is 6.14. The Morgan fingerprint density at radius 1 is 1.29 bits per heavy atom. The molecule has 0 radical (unpaired) electrons. The van der Waals surface area contributed by atoms with Gasteiger partial charge in [0.25, 0.3) is 0 Å². The van der Waals surface area contributed by atoms with E-state index in [-0.39, 0.29) is 0 Å². The molecule has 17 heavy (non-hydrogen) atoms. The minimum Gasteiger partial charge on any atom is -0.355 e. The summed E-state index contributed by atoms with van der Waals surface area (Å²) in [4.78, 5) is 10.5. The summed E-state index contributed by atoms with van der Waals surface area (Å²) in [5, 5.41) is 0.649. The van der Waals surface area contributed by atoms with Crippen molar-refractivity contribution in [3.63, 3.8) is 0 Å². The van der Waals surface area contributed by atoms with Crippen molar-refractivity contribution < 1.29 is 0 Å². The van der Waals surface area contributed by atoms with E-state index in [1.165, 1.54) is 6.42 Å². The Kier molecular flexibility index (Phi) is 2.92. The van der Waals surface area contributed by atoms with Gasteiger partial charge in [-0.15, -0.1) is 0 Å². The molecule has 1 aromatic heterocycles. The first-order valence-corrected chi connectivity index (χ1v) is 6.58. The number of hydrogen-bond acceptors (Lipinski definition) is 4. The van der Waals surface area contributed by atoms with Crippen LogP contribution in [-0.2, 0) is 0 Å².